The van der Waals surface area contributed by atoms with Gasteiger partial charge in [0.1, 0.15) is 0 Å². The van der Waals surface area contributed by atoms with E-state index in [9.17, 15) is 8.42 Å². The van der Waals surface area contributed by atoms with E-state index in [1.807, 2.05) is 0 Å². The first kappa shape index (κ1) is 16.7. The van der Waals surface area contributed by atoms with E-state index in [2.05, 4.69) is 15.9 Å². The van der Waals surface area contributed by atoms with Crippen LogP contribution in [0.4, 0.5) is 5.69 Å². The number of anilines is 1. The number of thioether (sulfide) groups is 1. The van der Waals surface area contributed by atoms with Crippen molar-refractivity contribution in [2.75, 3.05) is 17.2 Å². The molecule has 0 amide bonds. The summed E-state index contributed by atoms with van der Waals surface area (Å²) in [4.78, 5) is 1.16. The fraction of sp³-hybridized carbons (Fsp3) is 0.143. The van der Waals surface area contributed by atoms with E-state index in [4.69, 9.17) is 17.3 Å². The third-order valence-electron chi connectivity index (χ3n) is 2.74. The Morgan fingerprint density at radius 2 is 1.81 bits per heavy atom. The lowest BCUT2D eigenvalue weighted by Crippen LogP contribution is -2.08. The van der Waals surface area contributed by atoms with E-state index in [0.29, 0.717) is 21.4 Å². The normalized spacial score (nSPS) is 11.5. The summed E-state index contributed by atoms with van der Waals surface area (Å²) >= 11 is 10.7. The summed E-state index contributed by atoms with van der Waals surface area (Å²) in [5.74, 6) is 0.488. The number of sulfone groups is 1. The number of hydrogen-bond acceptors (Lipinski definition) is 4. The lowest BCUT2D eigenvalue weighted by molar-refractivity contribution is 0.597. The van der Waals surface area contributed by atoms with Crippen LogP contribution in [0.2, 0.25) is 5.02 Å². The lowest BCUT2D eigenvalue weighted by atomic mass is 10.3. The van der Waals surface area contributed by atoms with Crippen LogP contribution in [0.25, 0.3) is 0 Å². The van der Waals surface area contributed by atoms with Crippen molar-refractivity contribution < 1.29 is 8.42 Å². The number of hydrogen-bond donors (Lipinski definition) is 1. The topological polar surface area (TPSA) is 60.2 Å². The number of nitrogen functional groups attached to an aromatic ring is 1. The second kappa shape index (κ2) is 7.05. The van der Waals surface area contributed by atoms with Gasteiger partial charge in [0, 0.05) is 20.8 Å². The molecule has 112 valence electrons. The summed E-state index contributed by atoms with van der Waals surface area (Å²) in [6, 6.07) is 11.8. The SMILES string of the molecule is Nc1ccc(SCCS(=O)(=O)c2ccc(Br)cc2)c(Cl)c1. The molecule has 2 aromatic rings. The van der Waals surface area contributed by atoms with Gasteiger partial charge in [-0.2, -0.15) is 0 Å². The maximum Gasteiger partial charge on any atom is 0.179 e. The Kier molecular flexibility index (Phi) is 5.60. The monoisotopic (exact) mass is 405 g/mol. The molecule has 0 bridgehead atoms. The van der Waals surface area contributed by atoms with Crippen molar-refractivity contribution in [2.45, 2.75) is 9.79 Å². The zero-order valence-electron chi connectivity index (χ0n) is 10.9. The molecule has 0 heterocycles. The van der Waals surface area contributed by atoms with Crippen molar-refractivity contribution >= 4 is 54.8 Å². The molecule has 0 radical (unpaired) electrons. The van der Waals surface area contributed by atoms with E-state index in [1.165, 1.54) is 11.8 Å². The predicted octanol–water partition coefficient (Wildman–Crippen LogP) is 4.25. The minimum absolute atomic E-state index is 0.0556. The third kappa shape index (κ3) is 4.64. The van der Waals surface area contributed by atoms with Crippen LogP contribution in [0.3, 0.4) is 0 Å². The molecule has 0 aliphatic carbocycles. The van der Waals surface area contributed by atoms with Crippen LogP contribution in [0.15, 0.2) is 56.7 Å². The van der Waals surface area contributed by atoms with Gasteiger partial charge < -0.3 is 5.73 Å². The maximum absolute atomic E-state index is 12.2. The minimum atomic E-state index is -3.28. The van der Waals surface area contributed by atoms with Crippen molar-refractivity contribution in [3.05, 3.63) is 52.0 Å². The lowest BCUT2D eigenvalue weighted by Gasteiger charge is -2.06. The summed E-state index contributed by atoms with van der Waals surface area (Å²) in [5, 5.41) is 0.543. The summed E-state index contributed by atoms with van der Waals surface area (Å²) in [5.41, 5.74) is 6.21. The quantitative estimate of drug-likeness (QED) is 0.595. The van der Waals surface area contributed by atoms with Crippen LogP contribution < -0.4 is 5.73 Å². The molecule has 0 saturated carbocycles. The van der Waals surface area contributed by atoms with Gasteiger partial charge in [0.05, 0.1) is 15.7 Å². The largest absolute Gasteiger partial charge is 0.399 e. The molecule has 0 unspecified atom stereocenters. The molecule has 2 aromatic carbocycles. The number of halogens is 2. The van der Waals surface area contributed by atoms with Crippen LogP contribution >= 0.6 is 39.3 Å². The molecule has 3 nitrogen and oxygen atoms in total. The van der Waals surface area contributed by atoms with E-state index < -0.39 is 9.84 Å². The average molecular weight is 407 g/mol. The molecule has 2 rings (SSSR count). The van der Waals surface area contributed by atoms with Gasteiger partial charge in [-0.25, -0.2) is 8.42 Å². The molecular weight excluding hydrogens is 394 g/mol. The first-order valence-electron chi connectivity index (χ1n) is 6.04. The van der Waals surface area contributed by atoms with Crippen LogP contribution in [0, 0.1) is 0 Å². The summed E-state index contributed by atoms with van der Waals surface area (Å²) in [6.45, 7) is 0. The molecule has 0 aliphatic heterocycles. The first-order chi connectivity index (χ1) is 9.88. The van der Waals surface area contributed by atoms with E-state index in [1.54, 1.807) is 42.5 Å². The number of rotatable bonds is 5. The minimum Gasteiger partial charge on any atom is -0.399 e. The summed E-state index contributed by atoms with van der Waals surface area (Å²) < 4.78 is 25.2. The summed E-state index contributed by atoms with van der Waals surface area (Å²) in [7, 11) is -3.28. The van der Waals surface area contributed by atoms with Crippen LogP contribution in [-0.2, 0) is 9.84 Å². The Morgan fingerprint density at radius 3 is 2.43 bits per heavy atom. The zero-order valence-corrected chi connectivity index (χ0v) is 14.9. The highest BCUT2D eigenvalue weighted by Crippen LogP contribution is 2.29. The first-order valence-corrected chi connectivity index (χ1v) is 9.85. The molecule has 0 atom stereocenters. The smallest absolute Gasteiger partial charge is 0.179 e. The highest BCUT2D eigenvalue weighted by atomic mass is 79.9. The molecule has 0 spiro atoms. The maximum atomic E-state index is 12.2. The fourth-order valence-electron chi connectivity index (χ4n) is 1.66. The van der Waals surface area contributed by atoms with Gasteiger partial charge in [-0.15, -0.1) is 11.8 Å². The third-order valence-corrected chi connectivity index (χ3v) is 6.76. The molecule has 2 N–H and O–H groups in total. The van der Waals surface area contributed by atoms with Gasteiger partial charge in [0.2, 0.25) is 0 Å². The van der Waals surface area contributed by atoms with Gasteiger partial charge in [-0.3, -0.25) is 0 Å². The van der Waals surface area contributed by atoms with Crippen molar-refractivity contribution in [1.82, 2.24) is 0 Å². The van der Waals surface area contributed by atoms with Gasteiger partial charge in [0.25, 0.3) is 0 Å². The van der Waals surface area contributed by atoms with Crippen molar-refractivity contribution in [1.29, 1.82) is 0 Å². The van der Waals surface area contributed by atoms with Crippen LogP contribution in [0.5, 0.6) is 0 Å². The Balaban J connectivity index is 2.00. The van der Waals surface area contributed by atoms with Crippen molar-refractivity contribution in [3.63, 3.8) is 0 Å². The molecule has 0 fully saturated rings. The highest BCUT2D eigenvalue weighted by molar-refractivity contribution is 9.10. The van der Waals surface area contributed by atoms with Gasteiger partial charge in [-0.1, -0.05) is 27.5 Å². The second-order valence-electron chi connectivity index (χ2n) is 4.31. The van der Waals surface area contributed by atoms with Crippen molar-refractivity contribution in [3.8, 4) is 0 Å². The van der Waals surface area contributed by atoms with Gasteiger partial charge in [0.15, 0.2) is 9.84 Å². The van der Waals surface area contributed by atoms with Gasteiger partial charge >= 0.3 is 0 Å². The Morgan fingerprint density at radius 1 is 1.14 bits per heavy atom. The highest BCUT2D eigenvalue weighted by Gasteiger charge is 2.14. The molecule has 0 aliphatic rings. The van der Waals surface area contributed by atoms with E-state index in [-0.39, 0.29) is 5.75 Å². The Bertz CT molecular complexity index is 733. The van der Waals surface area contributed by atoms with Crippen LogP contribution in [0.1, 0.15) is 0 Å². The Labute approximate surface area is 141 Å². The second-order valence-corrected chi connectivity index (χ2v) is 8.88. The zero-order chi connectivity index (χ0) is 15.5. The molecule has 21 heavy (non-hydrogen) atoms. The van der Waals surface area contributed by atoms with Crippen LogP contribution in [-0.4, -0.2) is 19.9 Å². The van der Waals surface area contributed by atoms with E-state index >= 15 is 0 Å². The molecular formula is C14H13BrClNO2S2. The van der Waals surface area contributed by atoms with Gasteiger partial charge in [-0.05, 0) is 42.5 Å². The van der Waals surface area contributed by atoms with Crippen molar-refractivity contribution in [2.24, 2.45) is 0 Å². The average Bonchev–Trinajstić information content (AvgIpc) is 2.41. The standard InChI is InChI=1S/C14H13BrClNO2S2/c15-10-1-4-12(5-2-10)21(18,19)8-7-20-14-6-3-11(17)9-13(14)16/h1-6,9H,7-8,17H2. The molecule has 7 heteroatoms. The fourth-order valence-corrected chi connectivity index (χ4v) is 4.85. The summed E-state index contributed by atoms with van der Waals surface area (Å²) in [6.07, 6.45) is 0. The Hall–Kier alpha value is -0.690. The number of benzene rings is 2. The predicted molar refractivity (Wildman–Crippen MR) is 92.8 cm³/mol. The van der Waals surface area contributed by atoms with E-state index in [0.717, 1.165) is 9.37 Å². The molecule has 0 saturated heterocycles. The number of nitrogens with two attached hydrogens (primary N) is 1. The molecule has 0 aromatic heterocycles.